The summed E-state index contributed by atoms with van der Waals surface area (Å²) in [5.74, 6) is -0.416. The van der Waals surface area contributed by atoms with Crippen molar-refractivity contribution in [3.8, 4) is 0 Å². The summed E-state index contributed by atoms with van der Waals surface area (Å²) in [5, 5.41) is 3.24. The fraction of sp³-hybridized carbons (Fsp3) is 0.167. The summed E-state index contributed by atoms with van der Waals surface area (Å²) in [7, 11) is 0. The van der Waals surface area contributed by atoms with Crippen LogP contribution in [0.4, 0.5) is 5.69 Å². The molecule has 0 radical (unpaired) electrons. The molecule has 1 aromatic carbocycles. The third kappa shape index (κ3) is 2.99. The molecule has 0 unspecified atom stereocenters. The molecule has 0 aliphatic heterocycles. The number of hydrogen-bond acceptors (Lipinski definition) is 3. The highest BCUT2D eigenvalue weighted by Gasteiger charge is 2.14. The van der Waals surface area contributed by atoms with E-state index in [0.717, 1.165) is 24.1 Å². The van der Waals surface area contributed by atoms with Crippen LogP contribution in [0.2, 0.25) is 0 Å². The summed E-state index contributed by atoms with van der Waals surface area (Å²) < 4.78 is 0. The van der Waals surface area contributed by atoms with Gasteiger partial charge in [-0.1, -0.05) is 31.5 Å². The van der Waals surface area contributed by atoms with Crippen molar-refractivity contribution in [2.24, 2.45) is 0 Å². The average Bonchev–Trinajstić information content (AvgIpc) is 2.57. The molecule has 0 saturated carbocycles. The first kappa shape index (κ1) is 15.0. The number of carbonyl (C=O) groups excluding carboxylic acids is 1. The lowest BCUT2D eigenvalue weighted by atomic mass is 10.1. The minimum atomic E-state index is -0.416. The predicted molar refractivity (Wildman–Crippen MR) is 90.8 cm³/mol. The summed E-state index contributed by atoms with van der Waals surface area (Å²) in [6.45, 7) is 2.08. The van der Waals surface area contributed by atoms with E-state index in [1.165, 1.54) is 12.4 Å². The largest absolute Gasteiger partial charge is 0.360 e. The van der Waals surface area contributed by atoms with Crippen LogP contribution >= 0.6 is 0 Å². The molecular formula is C18H17N3O2. The molecule has 0 bridgehead atoms. The maximum atomic E-state index is 12.5. The average molecular weight is 307 g/mol. The maximum absolute atomic E-state index is 12.5. The number of amides is 1. The van der Waals surface area contributed by atoms with Crippen molar-refractivity contribution < 1.29 is 4.79 Å². The first-order valence-corrected chi connectivity index (χ1v) is 7.55. The lowest BCUT2D eigenvalue weighted by Gasteiger charge is -2.10. The van der Waals surface area contributed by atoms with Gasteiger partial charge in [-0.25, -0.2) is 0 Å². The number of aromatic nitrogens is 2. The Bertz CT molecular complexity index is 915. The number of hydrogen-bond donors (Lipinski definition) is 2. The van der Waals surface area contributed by atoms with Crippen molar-refractivity contribution >= 4 is 22.5 Å². The van der Waals surface area contributed by atoms with Crippen LogP contribution in [0.15, 0.2) is 53.7 Å². The number of aryl methyl sites for hydroxylation is 1. The number of aromatic amines is 1. The molecule has 0 aliphatic carbocycles. The third-order valence-electron chi connectivity index (χ3n) is 3.71. The Morgan fingerprint density at radius 1 is 1.26 bits per heavy atom. The fourth-order valence-corrected chi connectivity index (χ4v) is 2.55. The number of H-pyrrole nitrogens is 1. The van der Waals surface area contributed by atoms with Crippen LogP contribution in [0.5, 0.6) is 0 Å². The van der Waals surface area contributed by atoms with Crippen molar-refractivity contribution in [1.82, 2.24) is 9.97 Å². The van der Waals surface area contributed by atoms with Gasteiger partial charge in [0.05, 0.1) is 10.9 Å². The van der Waals surface area contributed by atoms with Gasteiger partial charge < -0.3 is 10.3 Å². The zero-order valence-corrected chi connectivity index (χ0v) is 12.8. The molecule has 2 N–H and O–H groups in total. The summed E-state index contributed by atoms with van der Waals surface area (Å²) in [5.41, 5.74) is 2.22. The summed E-state index contributed by atoms with van der Waals surface area (Å²) in [6, 6.07) is 9.33. The first-order chi connectivity index (χ1) is 11.2. The number of benzene rings is 1. The lowest BCUT2D eigenvalue weighted by Crippen LogP contribution is -2.22. The summed E-state index contributed by atoms with van der Waals surface area (Å²) in [4.78, 5) is 31.8. The Balaban J connectivity index is 1.96. The molecule has 0 aliphatic rings. The number of fused-ring (bicyclic) bond motifs is 1. The van der Waals surface area contributed by atoms with Crippen molar-refractivity contribution in [2.75, 3.05) is 5.32 Å². The Kier molecular flexibility index (Phi) is 4.19. The van der Waals surface area contributed by atoms with Gasteiger partial charge in [0.25, 0.3) is 5.91 Å². The van der Waals surface area contributed by atoms with E-state index in [2.05, 4.69) is 22.2 Å². The van der Waals surface area contributed by atoms with Gasteiger partial charge in [0.15, 0.2) is 0 Å². The molecule has 5 heteroatoms. The molecule has 0 saturated heterocycles. The lowest BCUT2D eigenvalue weighted by molar-refractivity contribution is 0.102. The van der Waals surface area contributed by atoms with E-state index in [1.807, 2.05) is 24.3 Å². The second kappa shape index (κ2) is 6.44. The van der Waals surface area contributed by atoms with Crippen LogP contribution in [0.3, 0.4) is 0 Å². The van der Waals surface area contributed by atoms with E-state index >= 15 is 0 Å². The Labute approximate surface area is 133 Å². The molecule has 0 fully saturated rings. The summed E-state index contributed by atoms with van der Waals surface area (Å²) >= 11 is 0. The monoisotopic (exact) mass is 307 g/mol. The molecule has 23 heavy (non-hydrogen) atoms. The second-order valence-corrected chi connectivity index (χ2v) is 5.31. The van der Waals surface area contributed by atoms with Crippen LogP contribution in [-0.2, 0) is 6.42 Å². The van der Waals surface area contributed by atoms with Crippen LogP contribution in [0.1, 0.15) is 29.3 Å². The highest BCUT2D eigenvalue weighted by molar-refractivity contribution is 6.05. The highest BCUT2D eigenvalue weighted by Crippen LogP contribution is 2.17. The van der Waals surface area contributed by atoms with Crippen molar-refractivity contribution in [1.29, 1.82) is 0 Å². The Hall–Kier alpha value is -2.95. The molecule has 3 rings (SSSR count). The molecule has 5 nitrogen and oxygen atoms in total. The molecule has 1 amide bonds. The molecule has 0 atom stereocenters. The topological polar surface area (TPSA) is 74.8 Å². The number of carbonyl (C=O) groups is 1. The normalized spacial score (nSPS) is 10.7. The molecule has 3 aromatic rings. The van der Waals surface area contributed by atoms with Crippen molar-refractivity contribution in [2.45, 2.75) is 19.8 Å². The fourth-order valence-electron chi connectivity index (χ4n) is 2.55. The smallest absolute Gasteiger partial charge is 0.261 e. The van der Waals surface area contributed by atoms with E-state index in [9.17, 15) is 9.59 Å². The van der Waals surface area contributed by atoms with E-state index in [4.69, 9.17) is 0 Å². The van der Waals surface area contributed by atoms with E-state index < -0.39 is 5.91 Å². The highest BCUT2D eigenvalue weighted by atomic mass is 16.2. The maximum Gasteiger partial charge on any atom is 0.261 e. The number of nitrogens with zero attached hydrogens (tertiary/aromatic N) is 1. The van der Waals surface area contributed by atoms with E-state index in [1.54, 1.807) is 12.3 Å². The third-order valence-corrected chi connectivity index (χ3v) is 3.71. The molecule has 2 heterocycles. The van der Waals surface area contributed by atoms with Gasteiger partial charge in [0.2, 0.25) is 5.43 Å². The van der Waals surface area contributed by atoms with Crippen LogP contribution < -0.4 is 10.7 Å². The number of para-hydroxylation sites is 1. The Morgan fingerprint density at radius 3 is 2.91 bits per heavy atom. The molecule has 0 spiro atoms. The van der Waals surface area contributed by atoms with E-state index in [0.29, 0.717) is 10.9 Å². The predicted octanol–water partition coefficient (Wildman–Crippen LogP) is 3.13. The number of pyridine rings is 2. The van der Waals surface area contributed by atoms with Gasteiger partial charge in [-0.3, -0.25) is 14.6 Å². The van der Waals surface area contributed by atoms with Gasteiger partial charge in [-0.15, -0.1) is 0 Å². The van der Waals surface area contributed by atoms with E-state index in [-0.39, 0.29) is 11.0 Å². The Morgan fingerprint density at radius 2 is 2.09 bits per heavy atom. The van der Waals surface area contributed by atoms with Crippen LogP contribution in [0.25, 0.3) is 10.9 Å². The van der Waals surface area contributed by atoms with Crippen LogP contribution in [-0.4, -0.2) is 15.9 Å². The second-order valence-electron chi connectivity index (χ2n) is 5.31. The van der Waals surface area contributed by atoms with Crippen molar-refractivity contribution in [3.63, 3.8) is 0 Å². The molecule has 2 aromatic heterocycles. The van der Waals surface area contributed by atoms with Gasteiger partial charge in [-0.05, 0) is 24.1 Å². The minimum absolute atomic E-state index is 0.0804. The quantitative estimate of drug-likeness (QED) is 0.777. The van der Waals surface area contributed by atoms with Gasteiger partial charge in [0.1, 0.15) is 5.56 Å². The minimum Gasteiger partial charge on any atom is -0.360 e. The molecule has 116 valence electrons. The van der Waals surface area contributed by atoms with Crippen molar-refractivity contribution in [3.05, 3.63) is 70.3 Å². The number of anilines is 1. The zero-order chi connectivity index (χ0) is 16.2. The van der Waals surface area contributed by atoms with Gasteiger partial charge in [-0.2, -0.15) is 0 Å². The first-order valence-electron chi connectivity index (χ1n) is 7.55. The molecular weight excluding hydrogens is 290 g/mol. The van der Waals surface area contributed by atoms with Crippen LogP contribution in [0, 0.1) is 0 Å². The van der Waals surface area contributed by atoms with Gasteiger partial charge >= 0.3 is 0 Å². The van der Waals surface area contributed by atoms with Gasteiger partial charge in [0, 0.05) is 24.3 Å². The summed E-state index contributed by atoms with van der Waals surface area (Å²) in [6.07, 6.45) is 6.36. The number of nitrogens with one attached hydrogen (secondary N) is 2. The zero-order valence-electron chi connectivity index (χ0n) is 12.8. The number of rotatable bonds is 4. The standard InChI is InChI=1S/C18H17N3O2/c1-2-5-12-6-3-4-7-15(12)21-18(23)14-11-20-16-8-9-19-10-13(16)17(14)22/h3-4,6-11H,2,5H2,1H3,(H,20,22)(H,21,23). The SMILES string of the molecule is CCCc1ccccc1NC(=O)c1c[nH]c2ccncc2c1=O.